The summed E-state index contributed by atoms with van der Waals surface area (Å²) in [4.78, 5) is 12.7. The maximum atomic E-state index is 12.7. The molecule has 4 aliphatic rings. The van der Waals surface area contributed by atoms with Gasteiger partial charge in [0, 0.05) is 0 Å². The highest BCUT2D eigenvalue weighted by molar-refractivity contribution is 5.89. The summed E-state index contributed by atoms with van der Waals surface area (Å²) in [5.41, 5.74) is 5.24. The van der Waals surface area contributed by atoms with Crippen LogP contribution < -0.4 is 0 Å². The number of allylic oxidation sites excluding steroid dienone is 2. The Hall–Kier alpha value is -1.57. The van der Waals surface area contributed by atoms with Crippen LogP contribution in [0.4, 0.5) is 0 Å². The average molecular weight is 505 g/mol. The van der Waals surface area contributed by atoms with Crippen molar-refractivity contribution in [3.05, 3.63) is 47.0 Å². The van der Waals surface area contributed by atoms with Crippen molar-refractivity contribution in [2.45, 2.75) is 118 Å². The minimum atomic E-state index is -0.146. The van der Waals surface area contributed by atoms with Crippen LogP contribution in [0.2, 0.25) is 0 Å². The van der Waals surface area contributed by atoms with Crippen LogP contribution in [0.5, 0.6) is 0 Å². The van der Waals surface area contributed by atoms with E-state index in [-0.39, 0.29) is 12.1 Å². The molecule has 0 saturated heterocycles. The zero-order valence-electron chi connectivity index (χ0n) is 24.5. The van der Waals surface area contributed by atoms with Crippen LogP contribution in [0.15, 0.2) is 41.5 Å². The quantitative estimate of drug-likeness (QED) is 0.273. The predicted octanol–water partition coefficient (Wildman–Crippen LogP) is 9.64. The minimum absolute atomic E-state index is 0.0757. The van der Waals surface area contributed by atoms with E-state index in [0.29, 0.717) is 22.3 Å². The van der Waals surface area contributed by atoms with Crippen molar-refractivity contribution in [2.24, 2.45) is 46.3 Å². The third-order valence-corrected chi connectivity index (χ3v) is 12.2. The van der Waals surface area contributed by atoms with Gasteiger partial charge in [0.15, 0.2) is 0 Å². The zero-order valence-corrected chi connectivity index (χ0v) is 24.5. The van der Waals surface area contributed by atoms with Crippen LogP contribution in [0, 0.1) is 46.3 Å². The van der Waals surface area contributed by atoms with Crippen molar-refractivity contribution in [1.29, 1.82) is 0 Å². The van der Waals surface area contributed by atoms with E-state index in [4.69, 9.17) is 4.74 Å². The van der Waals surface area contributed by atoms with Crippen LogP contribution in [-0.2, 0) is 4.74 Å². The van der Waals surface area contributed by atoms with Gasteiger partial charge in [-0.25, -0.2) is 4.79 Å². The average Bonchev–Trinajstić information content (AvgIpc) is 3.25. The number of hydrogen-bond donors (Lipinski definition) is 0. The molecule has 0 N–H and O–H groups in total. The Kier molecular flexibility index (Phi) is 7.69. The highest BCUT2D eigenvalue weighted by atomic mass is 16.5. The molecule has 2 nitrogen and oxygen atoms in total. The lowest BCUT2D eigenvalue weighted by atomic mass is 9.50. The summed E-state index contributed by atoms with van der Waals surface area (Å²) >= 11 is 0. The molecule has 0 spiro atoms. The number of fused-ring (bicyclic) bond motifs is 4. The van der Waals surface area contributed by atoms with Crippen LogP contribution >= 0.6 is 0 Å². The summed E-state index contributed by atoms with van der Waals surface area (Å²) in [7, 11) is 0. The van der Waals surface area contributed by atoms with Crippen molar-refractivity contribution in [2.75, 3.05) is 0 Å². The first-order chi connectivity index (χ1) is 17.6. The summed E-state index contributed by atoms with van der Waals surface area (Å²) in [6.45, 7) is 15.0. The molecule has 2 fully saturated rings. The fourth-order valence-corrected chi connectivity index (χ4v) is 9.36. The number of ether oxygens (including phenoxy) is 1. The van der Waals surface area contributed by atoms with Gasteiger partial charge in [-0.2, -0.15) is 0 Å². The topological polar surface area (TPSA) is 26.3 Å². The van der Waals surface area contributed by atoms with Gasteiger partial charge in [-0.05, 0) is 116 Å². The van der Waals surface area contributed by atoms with Crippen LogP contribution in [0.1, 0.15) is 123 Å². The van der Waals surface area contributed by atoms with E-state index in [2.05, 4.69) is 41.5 Å². The van der Waals surface area contributed by atoms with Crippen molar-refractivity contribution in [1.82, 2.24) is 0 Å². The Morgan fingerprint density at radius 3 is 2.43 bits per heavy atom. The first-order valence-corrected chi connectivity index (χ1v) is 15.6. The highest BCUT2D eigenvalue weighted by Gasteiger charge is 2.56. The molecule has 4 aliphatic carbocycles. The standard InChI is InChI=1S/C35H52O2/c1-23(2)24(3)12-13-25(4)30-16-17-31-29-15-14-27-22-28(37-33(36)26-10-8-7-9-11-26)18-20-34(27,5)32(29)19-21-35(30,31)6/h7-11,23-25,27-28,30-31H,12-22H2,1-6H3/t24-,25+,27-,28-,30+,31-,34-,35+/m0/s1. The van der Waals surface area contributed by atoms with Gasteiger partial charge in [-0.1, -0.05) is 83.7 Å². The summed E-state index contributed by atoms with van der Waals surface area (Å²) in [5, 5.41) is 0. The Bertz CT molecular complexity index is 992. The van der Waals surface area contributed by atoms with Crippen LogP contribution in [-0.4, -0.2) is 12.1 Å². The monoisotopic (exact) mass is 504 g/mol. The second-order valence-electron chi connectivity index (χ2n) is 14.3. The van der Waals surface area contributed by atoms with Crippen LogP contribution in [0.3, 0.4) is 0 Å². The number of benzene rings is 1. The Morgan fingerprint density at radius 1 is 0.946 bits per heavy atom. The third-order valence-electron chi connectivity index (χ3n) is 12.2. The van der Waals surface area contributed by atoms with Gasteiger partial charge in [-0.3, -0.25) is 0 Å². The number of carbonyl (C=O) groups is 1. The first-order valence-electron chi connectivity index (χ1n) is 15.6. The van der Waals surface area contributed by atoms with Gasteiger partial charge >= 0.3 is 5.97 Å². The minimum Gasteiger partial charge on any atom is -0.459 e. The number of hydrogen-bond acceptors (Lipinski definition) is 2. The number of rotatable bonds is 7. The molecule has 1 aromatic carbocycles. The van der Waals surface area contributed by atoms with E-state index in [0.717, 1.165) is 42.4 Å². The Morgan fingerprint density at radius 2 is 1.70 bits per heavy atom. The largest absolute Gasteiger partial charge is 0.459 e. The summed E-state index contributed by atoms with van der Waals surface area (Å²) in [5.74, 6) is 4.71. The number of carbonyl (C=O) groups excluding carboxylic acids is 1. The lowest BCUT2D eigenvalue weighted by Crippen LogP contribution is -2.46. The van der Waals surface area contributed by atoms with Gasteiger partial charge < -0.3 is 4.74 Å². The number of esters is 1. The third kappa shape index (κ3) is 4.96. The molecular weight excluding hydrogens is 452 g/mol. The summed E-state index contributed by atoms with van der Waals surface area (Å²) in [6.07, 6.45) is 14.2. The fraction of sp³-hybridized carbons (Fsp3) is 0.743. The Labute approximate surface area is 227 Å². The molecule has 0 radical (unpaired) electrons. The molecule has 5 rings (SSSR count). The maximum Gasteiger partial charge on any atom is 0.338 e. The molecule has 0 bridgehead atoms. The van der Waals surface area contributed by atoms with Gasteiger partial charge in [0.05, 0.1) is 5.56 Å². The van der Waals surface area contributed by atoms with Crippen LogP contribution in [0.25, 0.3) is 0 Å². The lowest BCUT2D eigenvalue weighted by Gasteiger charge is -2.55. The van der Waals surface area contributed by atoms with E-state index in [1.54, 1.807) is 0 Å². The molecule has 0 amide bonds. The van der Waals surface area contributed by atoms with Crippen molar-refractivity contribution < 1.29 is 9.53 Å². The smallest absolute Gasteiger partial charge is 0.338 e. The second kappa shape index (κ2) is 10.5. The van der Waals surface area contributed by atoms with Crippen molar-refractivity contribution in [3.8, 4) is 0 Å². The van der Waals surface area contributed by atoms with E-state index in [9.17, 15) is 4.79 Å². The maximum absolute atomic E-state index is 12.7. The van der Waals surface area contributed by atoms with E-state index >= 15 is 0 Å². The molecule has 1 aromatic rings. The normalized spacial score (nSPS) is 36.9. The fourth-order valence-electron chi connectivity index (χ4n) is 9.36. The molecular formula is C35H52O2. The molecule has 204 valence electrons. The van der Waals surface area contributed by atoms with E-state index in [1.807, 2.05) is 41.5 Å². The van der Waals surface area contributed by atoms with Crippen molar-refractivity contribution in [3.63, 3.8) is 0 Å². The lowest BCUT2D eigenvalue weighted by molar-refractivity contribution is -0.0158. The highest BCUT2D eigenvalue weighted by Crippen LogP contribution is 2.66. The molecule has 0 aliphatic heterocycles. The van der Waals surface area contributed by atoms with Crippen molar-refractivity contribution >= 4 is 5.97 Å². The zero-order chi connectivity index (χ0) is 26.4. The molecule has 2 heteroatoms. The molecule has 2 saturated carbocycles. The summed E-state index contributed by atoms with van der Waals surface area (Å²) < 4.78 is 6.03. The Balaban J connectivity index is 1.26. The molecule has 0 unspecified atom stereocenters. The van der Waals surface area contributed by atoms with Gasteiger partial charge in [-0.15, -0.1) is 0 Å². The summed E-state index contributed by atoms with van der Waals surface area (Å²) in [6, 6.07) is 9.52. The molecule has 37 heavy (non-hydrogen) atoms. The SMILES string of the molecule is CC(C)[C@@H](C)CC[C@@H](C)[C@H]1CC[C@H]2C3=C(CC[C@]12C)[C@@]1(C)CC[C@H](OC(=O)c2ccccc2)C[C@@H]1CC3. The molecule has 8 atom stereocenters. The molecule has 0 aromatic heterocycles. The van der Waals surface area contributed by atoms with E-state index < -0.39 is 0 Å². The van der Waals surface area contributed by atoms with Gasteiger partial charge in [0.1, 0.15) is 6.10 Å². The van der Waals surface area contributed by atoms with Gasteiger partial charge in [0.25, 0.3) is 0 Å². The molecule has 0 heterocycles. The first kappa shape index (κ1) is 27.0. The predicted molar refractivity (Wildman–Crippen MR) is 153 cm³/mol. The van der Waals surface area contributed by atoms with Gasteiger partial charge in [0.2, 0.25) is 0 Å². The van der Waals surface area contributed by atoms with E-state index in [1.165, 1.54) is 57.8 Å². The second-order valence-corrected chi connectivity index (χ2v) is 14.3.